The molecule has 0 aliphatic heterocycles. The van der Waals surface area contributed by atoms with Gasteiger partial charge in [-0.3, -0.25) is 4.90 Å². The van der Waals surface area contributed by atoms with Crippen molar-refractivity contribution in [3.05, 3.63) is 24.3 Å². The summed E-state index contributed by atoms with van der Waals surface area (Å²) in [5.74, 6) is 1.64. The number of aromatic nitrogens is 2. The topological polar surface area (TPSA) is 67.3 Å². The Bertz CT molecular complexity index is 452. The maximum atomic E-state index is 5.53. The fourth-order valence-electron chi connectivity index (χ4n) is 1.65. The van der Waals surface area contributed by atoms with Crippen molar-refractivity contribution in [2.75, 3.05) is 27.2 Å². The zero-order valence-electron chi connectivity index (χ0n) is 10.7. The van der Waals surface area contributed by atoms with Crippen molar-refractivity contribution < 1.29 is 8.83 Å². The molecule has 0 aliphatic carbocycles. The normalized spacial score (nSPS) is 11.3. The minimum absolute atomic E-state index is 0.429. The van der Waals surface area contributed by atoms with E-state index < -0.39 is 0 Å². The summed E-state index contributed by atoms with van der Waals surface area (Å²) in [6.07, 6.45) is 2.68. The van der Waals surface area contributed by atoms with Crippen molar-refractivity contribution in [1.82, 2.24) is 20.4 Å². The average molecular weight is 250 g/mol. The second-order valence-electron chi connectivity index (χ2n) is 4.17. The predicted octanol–water partition coefficient (Wildman–Crippen LogP) is 1.37. The zero-order valence-corrected chi connectivity index (χ0v) is 10.7. The van der Waals surface area contributed by atoms with Crippen LogP contribution >= 0.6 is 0 Å². The van der Waals surface area contributed by atoms with Crippen molar-refractivity contribution >= 4 is 0 Å². The number of furan rings is 1. The second kappa shape index (κ2) is 6.32. The lowest BCUT2D eigenvalue weighted by Gasteiger charge is -2.13. The van der Waals surface area contributed by atoms with Crippen LogP contribution in [-0.4, -0.2) is 42.3 Å². The van der Waals surface area contributed by atoms with Gasteiger partial charge in [0.2, 0.25) is 5.89 Å². The van der Waals surface area contributed by atoms with Crippen LogP contribution in [0.15, 0.2) is 27.2 Å². The first-order valence-corrected chi connectivity index (χ1v) is 5.99. The van der Waals surface area contributed by atoms with Crippen LogP contribution in [0.4, 0.5) is 0 Å². The molecule has 18 heavy (non-hydrogen) atoms. The van der Waals surface area contributed by atoms with Gasteiger partial charge in [-0.2, -0.15) is 0 Å². The quantitative estimate of drug-likeness (QED) is 0.749. The zero-order chi connectivity index (χ0) is 12.8. The molecule has 0 saturated heterocycles. The molecule has 1 N–H and O–H groups in total. The molecule has 0 aromatic carbocycles. The molecular formula is C12H18N4O2. The van der Waals surface area contributed by atoms with Crippen molar-refractivity contribution in [2.24, 2.45) is 0 Å². The molecule has 0 spiro atoms. The summed E-state index contributed by atoms with van der Waals surface area (Å²) < 4.78 is 10.7. The first-order chi connectivity index (χ1) is 8.79. The van der Waals surface area contributed by atoms with Gasteiger partial charge in [0.25, 0.3) is 5.89 Å². The fourth-order valence-corrected chi connectivity index (χ4v) is 1.65. The molecule has 98 valence electrons. The highest BCUT2D eigenvalue weighted by atomic mass is 16.4. The first-order valence-electron chi connectivity index (χ1n) is 5.99. The molecule has 0 amide bonds. The van der Waals surface area contributed by atoms with E-state index in [0.29, 0.717) is 24.1 Å². The smallest absolute Gasteiger partial charge is 0.283 e. The highest BCUT2D eigenvalue weighted by Gasteiger charge is 2.11. The SMILES string of the molecule is CNCCCN(C)Cc1nnc(-c2ccco2)o1. The van der Waals surface area contributed by atoms with Crippen LogP contribution in [0.25, 0.3) is 11.7 Å². The molecule has 2 aromatic heterocycles. The molecule has 6 nitrogen and oxygen atoms in total. The highest BCUT2D eigenvalue weighted by Crippen LogP contribution is 2.18. The van der Waals surface area contributed by atoms with E-state index >= 15 is 0 Å². The van der Waals surface area contributed by atoms with E-state index in [9.17, 15) is 0 Å². The number of hydrogen-bond donors (Lipinski definition) is 1. The third-order valence-corrected chi connectivity index (χ3v) is 2.57. The summed E-state index contributed by atoms with van der Waals surface area (Å²) >= 11 is 0. The lowest BCUT2D eigenvalue weighted by molar-refractivity contribution is 0.285. The van der Waals surface area contributed by atoms with Gasteiger partial charge in [-0.05, 0) is 45.7 Å². The summed E-state index contributed by atoms with van der Waals surface area (Å²) in [5.41, 5.74) is 0. The van der Waals surface area contributed by atoms with E-state index in [1.807, 2.05) is 14.1 Å². The van der Waals surface area contributed by atoms with Crippen molar-refractivity contribution in [3.8, 4) is 11.7 Å². The van der Waals surface area contributed by atoms with Crippen LogP contribution in [-0.2, 0) is 6.54 Å². The van der Waals surface area contributed by atoms with Gasteiger partial charge in [0.05, 0.1) is 12.8 Å². The molecule has 2 aromatic rings. The van der Waals surface area contributed by atoms with Crippen LogP contribution in [0.5, 0.6) is 0 Å². The van der Waals surface area contributed by atoms with E-state index in [1.54, 1.807) is 18.4 Å². The summed E-state index contributed by atoms with van der Waals surface area (Å²) in [6, 6.07) is 3.59. The minimum Gasteiger partial charge on any atom is -0.459 e. The Balaban J connectivity index is 1.87. The maximum absolute atomic E-state index is 5.53. The van der Waals surface area contributed by atoms with Crippen LogP contribution in [0.3, 0.4) is 0 Å². The fraction of sp³-hybridized carbons (Fsp3) is 0.500. The summed E-state index contributed by atoms with van der Waals surface area (Å²) in [6.45, 7) is 2.64. The standard InChI is InChI=1S/C12H18N4O2/c1-13-6-4-7-16(2)9-11-14-15-12(18-11)10-5-3-8-17-10/h3,5,8,13H,4,6-7,9H2,1-2H3. The third kappa shape index (κ3) is 3.41. The molecule has 0 fully saturated rings. The number of rotatable bonds is 7. The van der Waals surface area contributed by atoms with Gasteiger partial charge in [-0.25, -0.2) is 0 Å². The van der Waals surface area contributed by atoms with E-state index in [-0.39, 0.29) is 0 Å². The highest BCUT2D eigenvalue weighted by molar-refractivity contribution is 5.42. The Hall–Kier alpha value is -1.66. The predicted molar refractivity (Wildman–Crippen MR) is 66.9 cm³/mol. The van der Waals surface area contributed by atoms with Crippen LogP contribution in [0.1, 0.15) is 12.3 Å². The van der Waals surface area contributed by atoms with Crippen LogP contribution in [0.2, 0.25) is 0 Å². The Morgan fingerprint density at radius 1 is 1.39 bits per heavy atom. The Kier molecular flexibility index (Phi) is 4.49. The number of nitrogens with zero attached hydrogens (tertiary/aromatic N) is 3. The van der Waals surface area contributed by atoms with E-state index in [1.165, 1.54) is 0 Å². The molecule has 2 rings (SSSR count). The lowest BCUT2D eigenvalue weighted by Crippen LogP contribution is -2.22. The van der Waals surface area contributed by atoms with E-state index in [2.05, 4.69) is 20.4 Å². The van der Waals surface area contributed by atoms with Gasteiger partial charge in [0, 0.05) is 0 Å². The maximum Gasteiger partial charge on any atom is 0.283 e. The molecule has 0 bridgehead atoms. The van der Waals surface area contributed by atoms with Crippen molar-refractivity contribution in [3.63, 3.8) is 0 Å². The largest absolute Gasteiger partial charge is 0.459 e. The molecule has 6 heteroatoms. The van der Waals surface area contributed by atoms with Gasteiger partial charge in [-0.15, -0.1) is 10.2 Å². The number of nitrogens with one attached hydrogen (secondary N) is 1. The average Bonchev–Trinajstić information content (AvgIpc) is 2.98. The number of hydrogen-bond acceptors (Lipinski definition) is 6. The molecule has 0 saturated carbocycles. The van der Waals surface area contributed by atoms with Gasteiger partial charge in [0.15, 0.2) is 5.76 Å². The molecule has 0 unspecified atom stereocenters. The van der Waals surface area contributed by atoms with E-state index in [0.717, 1.165) is 19.5 Å². The summed E-state index contributed by atoms with van der Waals surface area (Å²) in [7, 11) is 3.99. The first kappa shape index (κ1) is 12.8. The Morgan fingerprint density at radius 3 is 3.00 bits per heavy atom. The van der Waals surface area contributed by atoms with Crippen LogP contribution < -0.4 is 5.32 Å². The van der Waals surface area contributed by atoms with Gasteiger partial charge < -0.3 is 14.2 Å². The molecule has 0 atom stereocenters. The van der Waals surface area contributed by atoms with Gasteiger partial charge in [-0.1, -0.05) is 0 Å². The Labute approximate surface area is 106 Å². The van der Waals surface area contributed by atoms with Crippen molar-refractivity contribution in [2.45, 2.75) is 13.0 Å². The monoisotopic (exact) mass is 250 g/mol. The van der Waals surface area contributed by atoms with Gasteiger partial charge >= 0.3 is 0 Å². The second-order valence-corrected chi connectivity index (χ2v) is 4.17. The molecule has 0 aliphatic rings. The van der Waals surface area contributed by atoms with Crippen molar-refractivity contribution in [1.29, 1.82) is 0 Å². The molecule has 2 heterocycles. The Morgan fingerprint density at radius 2 is 2.28 bits per heavy atom. The molecular weight excluding hydrogens is 232 g/mol. The molecule has 0 radical (unpaired) electrons. The summed E-state index contributed by atoms with van der Waals surface area (Å²) in [5, 5.41) is 11.1. The van der Waals surface area contributed by atoms with E-state index in [4.69, 9.17) is 8.83 Å². The third-order valence-electron chi connectivity index (χ3n) is 2.57. The summed E-state index contributed by atoms with van der Waals surface area (Å²) in [4.78, 5) is 2.15. The minimum atomic E-state index is 0.429. The van der Waals surface area contributed by atoms with Crippen LogP contribution in [0, 0.1) is 0 Å². The van der Waals surface area contributed by atoms with Gasteiger partial charge in [0.1, 0.15) is 0 Å². The lowest BCUT2D eigenvalue weighted by atomic mass is 10.4.